The Hall–Kier alpha value is -1.77. The van der Waals surface area contributed by atoms with E-state index in [9.17, 15) is 13.2 Å². The number of aliphatic imine (C=N–C) groups is 1. The van der Waals surface area contributed by atoms with E-state index in [2.05, 4.69) is 15.6 Å². The molecule has 2 N–H and O–H groups in total. The zero-order valence-electron chi connectivity index (χ0n) is 13.9. The predicted molar refractivity (Wildman–Crippen MR) is 105 cm³/mol. The molecule has 0 aliphatic carbocycles. The molecule has 25 heavy (non-hydrogen) atoms. The molecule has 0 amide bonds. The van der Waals surface area contributed by atoms with E-state index in [0.29, 0.717) is 37.5 Å². The molecule has 0 saturated heterocycles. The largest absolute Gasteiger partial charge is 0.356 e. The number of nitrogens with zero attached hydrogens (tertiary/aromatic N) is 1. The van der Waals surface area contributed by atoms with Gasteiger partial charge in [-0.05, 0) is 42.2 Å². The summed E-state index contributed by atoms with van der Waals surface area (Å²) in [5.41, 5.74) is 1.34. The molecule has 0 aromatic heterocycles. The van der Waals surface area contributed by atoms with Crippen molar-refractivity contribution in [1.29, 1.82) is 0 Å². The van der Waals surface area contributed by atoms with Crippen LogP contribution in [0.15, 0.2) is 47.5 Å². The highest BCUT2D eigenvalue weighted by atomic mass is 127. The molecule has 0 aliphatic rings. The van der Waals surface area contributed by atoms with Crippen molar-refractivity contribution in [3.05, 3.63) is 71.0 Å². The van der Waals surface area contributed by atoms with Crippen molar-refractivity contribution in [2.45, 2.75) is 12.8 Å². The van der Waals surface area contributed by atoms with E-state index in [1.54, 1.807) is 13.1 Å². The molecule has 0 radical (unpaired) electrons. The van der Waals surface area contributed by atoms with E-state index < -0.39 is 11.6 Å². The monoisotopic (exact) mass is 463 g/mol. The maximum absolute atomic E-state index is 13.5. The minimum Gasteiger partial charge on any atom is -0.356 e. The summed E-state index contributed by atoms with van der Waals surface area (Å²) in [5, 5.41) is 6.17. The van der Waals surface area contributed by atoms with Gasteiger partial charge in [-0.25, -0.2) is 13.2 Å². The Balaban J connectivity index is 0.00000312. The molecule has 7 heteroatoms. The first-order chi connectivity index (χ1) is 11.6. The highest BCUT2D eigenvalue weighted by molar-refractivity contribution is 14.0. The minimum atomic E-state index is -0.584. The molecule has 0 unspecified atom stereocenters. The first-order valence-corrected chi connectivity index (χ1v) is 7.71. The molecule has 136 valence electrons. The van der Waals surface area contributed by atoms with Crippen LogP contribution in [0, 0.1) is 17.5 Å². The zero-order chi connectivity index (χ0) is 17.4. The number of hydrogen-bond donors (Lipinski definition) is 2. The molecule has 2 aromatic rings. The van der Waals surface area contributed by atoms with E-state index in [0.717, 1.165) is 11.6 Å². The summed E-state index contributed by atoms with van der Waals surface area (Å²) < 4.78 is 39.5. The van der Waals surface area contributed by atoms with Crippen LogP contribution in [-0.4, -0.2) is 26.1 Å². The Kier molecular flexibility index (Phi) is 9.33. The lowest BCUT2D eigenvalue weighted by molar-refractivity contribution is 0.570. The molecule has 0 saturated carbocycles. The van der Waals surface area contributed by atoms with Crippen molar-refractivity contribution in [2.24, 2.45) is 4.99 Å². The van der Waals surface area contributed by atoms with Gasteiger partial charge in [-0.3, -0.25) is 4.99 Å². The first-order valence-electron chi connectivity index (χ1n) is 7.71. The molecular weight excluding hydrogens is 442 g/mol. The number of hydrogen-bond acceptors (Lipinski definition) is 1. The van der Waals surface area contributed by atoms with Gasteiger partial charge in [0, 0.05) is 26.2 Å². The maximum atomic E-state index is 13.5. The van der Waals surface area contributed by atoms with Crippen molar-refractivity contribution in [2.75, 3.05) is 20.1 Å². The van der Waals surface area contributed by atoms with Gasteiger partial charge in [0.05, 0.1) is 0 Å². The second-order valence-corrected chi connectivity index (χ2v) is 5.29. The minimum absolute atomic E-state index is 0. The molecule has 0 aliphatic heterocycles. The lowest BCUT2D eigenvalue weighted by Gasteiger charge is -2.12. The summed E-state index contributed by atoms with van der Waals surface area (Å²) in [7, 11) is 1.63. The highest BCUT2D eigenvalue weighted by Gasteiger charge is 2.04. The van der Waals surface area contributed by atoms with Gasteiger partial charge in [0.2, 0.25) is 0 Å². The summed E-state index contributed by atoms with van der Waals surface area (Å²) in [6, 6.07) is 9.99. The van der Waals surface area contributed by atoms with Crippen molar-refractivity contribution in [3.8, 4) is 0 Å². The third-order valence-electron chi connectivity index (χ3n) is 3.52. The summed E-state index contributed by atoms with van der Waals surface area (Å²) in [6.45, 7) is 1.05. The van der Waals surface area contributed by atoms with Crippen LogP contribution in [0.5, 0.6) is 0 Å². The fraction of sp³-hybridized carbons (Fsp3) is 0.278. The lowest BCUT2D eigenvalue weighted by Crippen LogP contribution is -2.39. The Morgan fingerprint density at radius 2 is 1.60 bits per heavy atom. The van der Waals surface area contributed by atoms with Gasteiger partial charge in [0.25, 0.3) is 0 Å². The van der Waals surface area contributed by atoms with Gasteiger partial charge in [-0.1, -0.05) is 18.2 Å². The normalized spacial score (nSPS) is 11.0. The van der Waals surface area contributed by atoms with Gasteiger partial charge >= 0.3 is 0 Å². The van der Waals surface area contributed by atoms with Crippen LogP contribution in [0.25, 0.3) is 0 Å². The zero-order valence-corrected chi connectivity index (χ0v) is 16.2. The van der Waals surface area contributed by atoms with Crippen molar-refractivity contribution in [1.82, 2.24) is 10.6 Å². The van der Waals surface area contributed by atoms with Crippen LogP contribution < -0.4 is 10.6 Å². The van der Waals surface area contributed by atoms with Gasteiger partial charge in [-0.2, -0.15) is 0 Å². The second kappa shape index (κ2) is 11.0. The fourth-order valence-electron chi connectivity index (χ4n) is 2.28. The van der Waals surface area contributed by atoms with Crippen LogP contribution in [-0.2, 0) is 12.8 Å². The lowest BCUT2D eigenvalue weighted by atomic mass is 10.1. The SMILES string of the molecule is CN=C(NCCc1cccc(F)c1)NCCc1ccc(F)cc1F.I. The molecule has 3 nitrogen and oxygen atoms in total. The predicted octanol–water partition coefficient (Wildman–Crippen LogP) is 3.67. The van der Waals surface area contributed by atoms with Gasteiger partial charge in [-0.15, -0.1) is 24.0 Å². The maximum Gasteiger partial charge on any atom is 0.190 e. The Bertz CT molecular complexity index is 708. The molecular formula is C18H21F3IN3. The summed E-state index contributed by atoms with van der Waals surface area (Å²) >= 11 is 0. The van der Waals surface area contributed by atoms with Gasteiger partial charge in [0.15, 0.2) is 5.96 Å². The topological polar surface area (TPSA) is 36.4 Å². The van der Waals surface area contributed by atoms with Crippen molar-refractivity contribution in [3.63, 3.8) is 0 Å². The number of guanidine groups is 1. The summed E-state index contributed by atoms with van der Waals surface area (Å²) in [6.07, 6.45) is 1.07. The Morgan fingerprint density at radius 3 is 2.24 bits per heavy atom. The standard InChI is InChI=1S/C18H20F3N3.HI/c1-22-18(23-9-7-13-3-2-4-15(19)11-13)24-10-8-14-5-6-16(20)12-17(14)21;/h2-6,11-12H,7-10H2,1H3,(H2,22,23,24);1H. The van der Waals surface area contributed by atoms with Gasteiger partial charge < -0.3 is 10.6 Å². The molecule has 0 fully saturated rings. The number of benzene rings is 2. The van der Waals surface area contributed by atoms with Crippen molar-refractivity contribution < 1.29 is 13.2 Å². The molecule has 0 bridgehead atoms. The number of halogens is 4. The molecule has 2 rings (SSSR count). The Labute approximate surface area is 162 Å². The summed E-state index contributed by atoms with van der Waals surface area (Å²) in [4.78, 5) is 4.07. The van der Waals surface area contributed by atoms with E-state index in [4.69, 9.17) is 0 Å². The van der Waals surface area contributed by atoms with Crippen LogP contribution in [0.4, 0.5) is 13.2 Å². The summed E-state index contributed by atoms with van der Waals surface area (Å²) in [5.74, 6) is -0.810. The van der Waals surface area contributed by atoms with Crippen LogP contribution in [0.3, 0.4) is 0 Å². The van der Waals surface area contributed by atoms with E-state index in [1.165, 1.54) is 24.3 Å². The van der Waals surface area contributed by atoms with Gasteiger partial charge in [0.1, 0.15) is 17.5 Å². The number of rotatable bonds is 6. The average molecular weight is 463 g/mol. The molecule has 0 heterocycles. The van der Waals surface area contributed by atoms with Crippen molar-refractivity contribution >= 4 is 29.9 Å². The van der Waals surface area contributed by atoms with Crippen LogP contribution in [0.1, 0.15) is 11.1 Å². The molecule has 0 spiro atoms. The highest BCUT2D eigenvalue weighted by Crippen LogP contribution is 2.09. The quantitative estimate of drug-likeness (QED) is 0.390. The second-order valence-electron chi connectivity index (χ2n) is 5.29. The third-order valence-corrected chi connectivity index (χ3v) is 3.52. The number of nitrogens with one attached hydrogen (secondary N) is 2. The van der Waals surface area contributed by atoms with E-state index in [1.807, 2.05) is 6.07 Å². The van der Waals surface area contributed by atoms with Crippen LogP contribution in [0.2, 0.25) is 0 Å². The smallest absolute Gasteiger partial charge is 0.190 e. The van der Waals surface area contributed by atoms with E-state index in [-0.39, 0.29) is 29.8 Å². The first kappa shape index (κ1) is 21.3. The third kappa shape index (κ3) is 7.33. The Morgan fingerprint density at radius 1 is 0.920 bits per heavy atom. The van der Waals surface area contributed by atoms with Crippen LogP contribution >= 0.6 is 24.0 Å². The van der Waals surface area contributed by atoms with E-state index >= 15 is 0 Å². The fourth-order valence-corrected chi connectivity index (χ4v) is 2.28. The molecule has 0 atom stereocenters. The molecule has 2 aromatic carbocycles. The average Bonchev–Trinajstić information content (AvgIpc) is 2.55.